The minimum atomic E-state index is -0.0905. The number of rotatable bonds is 4. The van der Waals surface area contributed by atoms with Gasteiger partial charge in [0, 0.05) is 44.2 Å². The van der Waals surface area contributed by atoms with Gasteiger partial charge in [-0.05, 0) is 32.3 Å². The molecular weight excluding hydrogens is 330 g/mol. The van der Waals surface area contributed by atoms with E-state index in [9.17, 15) is 4.79 Å². The van der Waals surface area contributed by atoms with Crippen LogP contribution < -0.4 is 0 Å². The second kappa shape index (κ2) is 7.00. The molecule has 2 aliphatic rings. The second-order valence-corrected chi connectivity index (χ2v) is 7.47. The molecule has 2 aromatic rings. The molecule has 0 saturated carbocycles. The first-order valence-electron chi connectivity index (χ1n) is 9.55. The maximum atomic E-state index is 13.3. The predicted octanol–water partition coefficient (Wildman–Crippen LogP) is 2.62. The Labute approximate surface area is 154 Å². The number of hydrogen-bond donors (Lipinski definition) is 0. The van der Waals surface area contributed by atoms with Crippen LogP contribution >= 0.6 is 0 Å². The molecule has 6 nitrogen and oxygen atoms in total. The van der Waals surface area contributed by atoms with E-state index in [0.717, 1.165) is 36.8 Å². The first-order valence-corrected chi connectivity index (χ1v) is 9.55. The number of ether oxygens (including phenoxy) is 2. The molecule has 0 aliphatic carbocycles. The van der Waals surface area contributed by atoms with Crippen LogP contribution in [-0.4, -0.2) is 59.6 Å². The van der Waals surface area contributed by atoms with Gasteiger partial charge in [0.25, 0.3) is 5.91 Å². The average molecular weight is 357 g/mol. The topological polar surface area (TPSA) is 56.6 Å². The highest BCUT2D eigenvalue weighted by atomic mass is 16.5. The first kappa shape index (κ1) is 17.5. The Hall–Kier alpha value is -1.92. The van der Waals surface area contributed by atoms with Gasteiger partial charge >= 0.3 is 0 Å². The minimum absolute atomic E-state index is 0.0155. The molecule has 3 heterocycles. The highest BCUT2D eigenvalue weighted by molar-refractivity contribution is 6.04. The van der Waals surface area contributed by atoms with Crippen molar-refractivity contribution in [3.63, 3.8) is 0 Å². The molecule has 0 radical (unpaired) electrons. The molecule has 0 spiro atoms. The summed E-state index contributed by atoms with van der Waals surface area (Å²) in [4.78, 5) is 15.2. The van der Waals surface area contributed by atoms with Gasteiger partial charge < -0.3 is 14.4 Å². The van der Waals surface area contributed by atoms with Crippen molar-refractivity contribution in [3.05, 3.63) is 30.0 Å². The van der Waals surface area contributed by atoms with Crippen LogP contribution in [0.2, 0.25) is 0 Å². The summed E-state index contributed by atoms with van der Waals surface area (Å²) >= 11 is 0. The van der Waals surface area contributed by atoms with Gasteiger partial charge in [-0.25, -0.2) is 0 Å². The smallest absolute Gasteiger partial charge is 0.275 e. The Morgan fingerprint density at radius 2 is 2.27 bits per heavy atom. The normalized spacial score (nSPS) is 26.1. The zero-order valence-electron chi connectivity index (χ0n) is 15.6. The second-order valence-electron chi connectivity index (χ2n) is 7.47. The number of fused-ring (bicyclic) bond motifs is 2. The molecule has 2 saturated heterocycles. The van der Waals surface area contributed by atoms with E-state index in [1.807, 2.05) is 43.1 Å². The van der Waals surface area contributed by atoms with Crippen molar-refractivity contribution in [2.45, 2.75) is 32.3 Å². The molecule has 1 aromatic carbocycles. The number of piperidine rings is 1. The number of amides is 1. The summed E-state index contributed by atoms with van der Waals surface area (Å²) in [5, 5.41) is 5.43. The van der Waals surface area contributed by atoms with Crippen molar-refractivity contribution in [1.29, 1.82) is 0 Å². The number of likely N-dealkylation sites (tertiary alicyclic amines) is 1. The summed E-state index contributed by atoms with van der Waals surface area (Å²) < 4.78 is 13.6. The molecule has 0 N–H and O–H groups in total. The van der Waals surface area contributed by atoms with Crippen LogP contribution in [0.15, 0.2) is 24.3 Å². The van der Waals surface area contributed by atoms with Gasteiger partial charge in [0.15, 0.2) is 5.69 Å². The van der Waals surface area contributed by atoms with Crippen LogP contribution in [0.1, 0.15) is 36.7 Å². The van der Waals surface area contributed by atoms with E-state index >= 15 is 0 Å². The Morgan fingerprint density at radius 1 is 1.42 bits per heavy atom. The van der Waals surface area contributed by atoms with Crippen molar-refractivity contribution in [3.8, 4) is 0 Å². The van der Waals surface area contributed by atoms with Gasteiger partial charge in [-0.1, -0.05) is 18.2 Å². The molecule has 6 heteroatoms. The van der Waals surface area contributed by atoms with E-state index in [-0.39, 0.29) is 17.4 Å². The fraction of sp³-hybridized carbons (Fsp3) is 0.600. The minimum Gasteiger partial charge on any atom is -0.381 e. The number of benzene rings is 1. The third-order valence-corrected chi connectivity index (χ3v) is 5.83. The van der Waals surface area contributed by atoms with Crippen LogP contribution in [0.25, 0.3) is 10.9 Å². The molecule has 1 aromatic heterocycles. The Kier molecular flexibility index (Phi) is 4.71. The maximum Gasteiger partial charge on any atom is 0.275 e. The van der Waals surface area contributed by atoms with Gasteiger partial charge in [-0.2, -0.15) is 5.10 Å². The van der Waals surface area contributed by atoms with Crippen molar-refractivity contribution in [1.82, 2.24) is 14.7 Å². The number of aryl methyl sites for hydroxylation is 1. The number of nitrogens with zero attached hydrogens (tertiary/aromatic N) is 3. The molecule has 4 rings (SSSR count). The van der Waals surface area contributed by atoms with Crippen molar-refractivity contribution < 1.29 is 14.3 Å². The van der Waals surface area contributed by atoms with Crippen molar-refractivity contribution >= 4 is 16.8 Å². The molecule has 0 unspecified atom stereocenters. The highest BCUT2D eigenvalue weighted by Gasteiger charge is 2.47. The van der Waals surface area contributed by atoms with Crippen LogP contribution in [0.4, 0.5) is 0 Å². The summed E-state index contributed by atoms with van der Waals surface area (Å²) in [6.45, 7) is 5.57. The lowest BCUT2D eigenvalue weighted by molar-refractivity contribution is -0.146. The maximum absolute atomic E-state index is 13.3. The van der Waals surface area contributed by atoms with Gasteiger partial charge in [0.2, 0.25) is 0 Å². The fourth-order valence-electron chi connectivity index (χ4n) is 4.50. The summed E-state index contributed by atoms with van der Waals surface area (Å²) in [7, 11) is 1.89. The Morgan fingerprint density at radius 3 is 3.12 bits per heavy atom. The third-order valence-electron chi connectivity index (χ3n) is 5.83. The zero-order valence-corrected chi connectivity index (χ0v) is 15.6. The predicted molar refractivity (Wildman–Crippen MR) is 99.1 cm³/mol. The van der Waals surface area contributed by atoms with Crippen molar-refractivity contribution in [2.24, 2.45) is 12.5 Å². The zero-order chi connectivity index (χ0) is 18.1. The summed E-state index contributed by atoms with van der Waals surface area (Å²) in [5.74, 6) is 0.0155. The number of para-hydroxylation sites is 1. The van der Waals surface area contributed by atoms with Gasteiger partial charge in [0.1, 0.15) is 0 Å². The quantitative estimate of drug-likeness (QED) is 0.844. The van der Waals surface area contributed by atoms with Crippen LogP contribution in [-0.2, 0) is 16.5 Å². The van der Waals surface area contributed by atoms with Crippen LogP contribution in [0.5, 0.6) is 0 Å². The van der Waals surface area contributed by atoms with Crippen LogP contribution in [0.3, 0.4) is 0 Å². The number of carbonyl (C=O) groups is 1. The Bertz CT molecular complexity index is 803. The van der Waals surface area contributed by atoms with E-state index in [1.54, 1.807) is 4.68 Å². The van der Waals surface area contributed by atoms with E-state index in [1.165, 1.54) is 0 Å². The van der Waals surface area contributed by atoms with E-state index in [4.69, 9.17) is 9.47 Å². The van der Waals surface area contributed by atoms with Gasteiger partial charge in [-0.15, -0.1) is 0 Å². The number of aromatic nitrogens is 2. The van der Waals surface area contributed by atoms with E-state index in [0.29, 0.717) is 32.0 Å². The lowest BCUT2D eigenvalue weighted by Crippen LogP contribution is -2.58. The largest absolute Gasteiger partial charge is 0.381 e. The molecule has 1 amide bonds. The molecule has 2 fully saturated rings. The molecular formula is C20H27N3O3. The molecule has 140 valence electrons. The fourth-order valence-corrected chi connectivity index (χ4v) is 4.50. The Balaban J connectivity index is 1.62. The van der Waals surface area contributed by atoms with Crippen molar-refractivity contribution in [2.75, 3.05) is 32.9 Å². The third kappa shape index (κ3) is 2.91. The number of carbonyl (C=O) groups excluding carboxylic acids is 1. The monoisotopic (exact) mass is 357 g/mol. The molecule has 2 aliphatic heterocycles. The SMILES string of the molecule is CCOC[C@@]12CCCO[C@@H]1CCN(C(=O)c1nn(C)c3ccccc13)C2. The summed E-state index contributed by atoms with van der Waals surface area (Å²) in [6.07, 6.45) is 3.12. The highest BCUT2D eigenvalue weighted by Crippen LogP contribution is 2.41. The van der Waals surface area contributed by atoms with Gasteiger partial charge in [-0.3, -0.25) is 9.48 Å². The molecule has 0 bridgehead atoms. The average Bonchev–Trinajstić information content (AvgIpc) is 3.02. The first-order chi connectivity index (χ1) is 12.6. The molecule has 2 atom stereocenters. The molecule has 26 heavy (non-hydrogen) atoms. The standard InChI is InChI=1S/C20H27N3O3/c1-3-25-14-20-10-6-12-26-17(20)9-11-23(13-20)19(24)18-15-7-4-5-8-16(15)22(2)21-18/h4-5,7-8,17H,3,6,9-14H2,1-2H3/t17-,20+/m1/s1. The van der Waals surface area contributed by atoms with E-state index in [2.05, 4.69) is 5.10 Å². The lowest BCUT2D eigenvalue weighted by atomic mass is 9.73. The van der Waals surface area contributed by atoms with Crippen LogP contribution in [0, 0.1) is 5.41 Å². The van der Waals surface area contributed by atoms with E-state index < -0.39 is 0 Å². The number of hydrogen-bond acceptors (Lipinski definition) is 4. The summed E-state index contributed by atoms with van der Waals surface area (Å²) in [5.41, 5.74) is 1.44. The lowest BCUT2D eigenvalue weighted by Gasteiger charge is -2.50. The van der Waals surface area contributed by atoms with Gasteiger partial charge in [0.05, 0.1) is 18.2 Å². The summed E-state index contributed by atoms with van der Waals surface area (Å²) in [6, 6.07) is 7.90.